The fourth-order valence-corrected chi connectivity index (χ4v) is 12.2. The van der Waals surface area contributed by atoms with E-state index < -0.39 is 68.6 Å². The number of halogens is 7. The van der Waals surface area contributed by atoms with Gasteiger partial charge in [-0.25, -0.2) is 61.2 Å². The summed E-state index contributed by atoms with van der Waals surface area (Å²) < 4.78 is 111. The first-order valence-corrected chi connectivity index (χ1v) is 33.6. The molecular weight excluding hydrogens is 1510 g/mol. The van der Waals surface area contributed by atoms with E-state index in [1.165, 1.54) is 75.6 Å². The fraction of sp³-hybridized carbons (Fsp3) is 0.284. The average Bonchev–Trinajstić information content (AvgIpc) is 1.60. The maximum atomic E-state index is 14.0. The minimum atomic E-state index is -1.06. The first-order valence-electron chi connectivity index (χ1n) is 32.6. The molecule has 0 saturated heterocycles. The number of aryl methyl sites for hydroxylation is 3. The van der Waals surface area contributed by atoms with Crippen molar-refractivity contribution in [2.75, 3.05) is 30.0 Å². The van der Waals surface area contributed by atoms with Crippen molar-refractivity contribution in [2.24, 2.45) is 22.8 Å². The molecule has 8 aromatic heterocycles. The van der Waals surface area contributed by atoms with Crippen LogP contribution in [0.3, 0.4) is 0 Å². The highest BCUT2D eigenvalue weighted by Gasteiger charge is 2.44. The van der Waals surface area contributed by atoms with E-state index in [0.29, 0.717) is 102 Å². The molecule has 10 heterocycles. The third-order valence-corrected chi connectivity index (χ3v) is 18.0. The number of amidine groups is 1. The highest BCUT2D eigenvalue weighted by molar-refractivity contribution is 14.1. The molecule has 0 spiro atoms. The molecule has 0 bridgehead atoms. The molecule has 0 fully saturated rings. The van der Waals surface area contributed by atoms with Crippen LogP contribution in [-0.4, -0.2) is 96.1 Å². The number of aliphatic hydroxyl groups is 1. The summed E-state index contributed by atoms with van der Waals surface area (Å²) in [5.41, 5.74) is 19.2. The number of hydrogen-bond donors (Lipinski definition) is 7. The van der Waals surface area contributed by atoms with E-state index in [1.807, 2.05) is 20.8 Å². The number of esters is 1. The first-order chi connectivity index (χ1) is 50.4. The lowest BCUT2D eigenvalue weighted by Crippen LogP contribution is -2.32. The Morgan fingerprint density at radius 1 is 0.598 bits per heavy atom. The smallest absolute Gasteiger partial charge is 0.313 e. The summed E-state index contributed by atoms with van der Waals surface area (Å²) in [6.07, 6.45) is 5.23. The van der Waals surface area contributed by atoms with Gasteiger partial charge in [0.25, 0.3) is 0 Å². The number of nitrogens with two attached hydrogens (primary N) is 3. The quantitative estimate of drug-likeness (QED) is 0.0125. The second-order valence-electron chi connectivity index (χ2n) is 26.5. The minimum absolute atomic E-state index is 0.118. The van der Waals surface area contributed by atoms with Gasteiger partial charge >= 0.3 is 5.97 Å². The van der Waals surface area contributed by atoms with Crippen LogP contribution in [0.15, 0.2) is 110 Å². The number of carbonyl (C=O) groups is 3. The molecule has 107 heavy (non-hydrogen) atoms. The number of rotatable bonds is 15. The fourth-order valence-electron chi connectivity index (χ4n) is 11.1. The number of methoxy groups -OCH3 is 1. The molecule has 2 aliphatic rings. The van der Waals surface area contributed by atoms with Gasteiger partial charge < -0.3 is 51.9 Å². The van der Waals surface area contributed by atoms with Gasteiger partial charge in [0.2, 0.25) is 11.8 Å². The number of nitrogens with zero attached hydrogens (tertiary/aromatic N) is 12. The van der Waals surface area contributed by atoms with E-state index in [-0.39, 0.29) is 65.8 Å². The van der Waals surface area contributed by atoms with Gasteiger partial charge in [-0.3, -0.25) is 33.0 Å². The Morgan fingerprint density at radius 3 is 1.31 bits per heavy atom. The Hall–Kier alpha value is -11.8. The number of nitrogen functional groups attached to an aromatic ring is 2. The normalized spacial score (nSPS) is 13.0. The number of nitrogens with one attached hydrogen (secondary N) is 3. The second kappa shape index (κ2) is 31.9. The zero-order chi connectivity index (χ0) is 78.5. The molecule has 26 nitrogen and oxygen atoms in total. The van der Waals surface area contributed by atoms with Gasteiger partial charge in [0.05, 0.1) is 80.4 Å². The molecule has 3 aromatic carbocycles. The number of aromatic nitrogens is 10. The summed E-state index contributed by atoms with van der Waals surface area (Å²) in [6, 6.07) is 24.6. The Labute approximate surface area is 622 Å². The predicted octanol–water partition coefficient (Wildman–Crippen LogP) is 11.9. The number of imidazole rings is 3. The zero-order valence-corrected chi connectivity index (χ0v) is 62.0. The van der Waals surface area contributed by atoms with Crippen molar-refractivity contribution < 1.29 is 64.8 Å². The number of nitriles is 2. The van der Waals surface area contributed by atoms with E-state index in [1.54, 1.807) is 122 Å². The van der Waals surface area contributed by atoms with Crippen molar-refractivity contribution in [3.63, 3.8) is 0 Å². The highest BCUT2D eigenvalue weighted by Crippen LogP contribution is 2.43. The Morgan fingerprint density at radius 2 is 0.944 bits per heavy atom. The molecule has 2 amide bonds. The van der Waals surface area contributed by atoms with Gasteiger partial charge in [-0.15, -0.1) is 0 Å². The van der Waals surface area contributed by atoms with Gasteiger partial charge in [0.1, 0.15) is 105 Å². The summed E-state index contributed by atoms with van der Waals surface area (Å²) in [7, 11) is 1.23. The lowest BCUT2D eigenvalue weighted by molar-refractivity contribution is -0.151. The maximum Gasteiger partial charge on any atom is 0.313 e. The lowest BCUT2D eigenvalue weighted by Gasteiger charge is -2.21. The molecule has 13 rings (SSSR count). The van der Waals surface area contributed by atoms with E-state index in [4.69, 9.17) is 52.5 Å². The Balaban J connectivity index is 0.000000168. The highest BCUT2D eigenvalue weighted by atomic mass is 127. The number of hydrogen-bond acceptors (Lipinski definition) is 20. The number of amides is 2. The van der Waals surface area contributed by atoms with Crippen molar-refractivity contribution in [2.45, 2.75) is 112 Å². The second-order valence-corrected chi connectivity index (χ2v) is 27.5. The van der Waals surface area contributed by atoms with Crippen LogP contribution in [0.5, 0.6) is 17.2 Å². The predicted molar refractivity (Wildman–Crippen MR) is 391 cm³/mol. The maximum absolute atomic E-state index is 14.0. The molecule has 2 aliphatic heterocycles. The SMILES string of the molecule is CC(C)(O)CN.COC(=O)C(C)(C)C(C#N)C#N.Cc1nc2c(OCc3c(F)cccc3F)cccn2c1-c1nc(I)c2c(n1)NC(=O)C2(C)C.Cc1nc2c(OCc3c(F)cccc3F)cccn2c1-c1nc(N)c2c(n1)NC(=O)C2(C)C.Cc1nc2c(OCc3c(F)cccc3F)cccn2c1C(=N)N. The van der Waals surface area contributed by atoms with Crippen LogP contribution in [0, 0.1) is 98.8 Å². The van der Waals surface area contributed by atoms with E-state index in [0.717, 1.165) is 5.56 Å². The molecule has 33 heteroatoms. The molecule has 0 aliphatic carbocycles. The van der Waals surface area contributed by atoms with Crippen LogP contribution < -0.4 is 42.0 Å². The van der Waals surface area contributed by atoms with Crippen molar-refractivity contribution in [1.82, 2.24) is 48.1 Å². The summed E-state index contributed by atoms with van der Waals surface area (Å²) in [5, 5.41) is 39.0. The summed E-state index contributed by atoms with van der Waals surface area (Å²) in [6.45, 7) is 18.3. The average molecular weight is 1580 g/mol. The van der Waals surface area contributed by atoms with Crippen molar-refractivity contribution in [3.05, 3.63) is 199 Å². The van der Waals surface area contributed by atoms with Crippen LogP contribution in [-0.2, 0) is 49.8 Å². The van der Waals surface area contributed by atoms with Gasteiger partial charge in [-0.1, -0.05) is 18.2 Å². The van der Waals surface area contributed by atoms with Crippen LogP contribution >= 0.6 is 22.6 Å². The number of anilines is 3. The first kappa shape index (κ1) is 79.3. The number of carbonyl (C=O) groups excluding carboxylic acids is 3. The van der Waals surface area contributed by atoms with E-state index in [9.17, 15) is 40.7 Å². The van der Waals surface area contributed by atoms with E-state index >= 15 is 0 Å². The minimum Gasteiger partial charge on any atom is -0.485 e. The number of benzene rings is 3. The lowest BCUT2D eigenvalue weighted by atomic mass is 9.81. The Kier molecular flexibility index (Phi) is 23.6. The standard InChI is InChI=1S/C23H18F2IN5O2.C23H20F2N6O2.C16H14F2N4O.C8H10N2O2.C4H11NO/c2*1-11-17(20-28-18(26)16-19(29-20)30-22(32)23(16,2)3)31-9-5-8-15(21(31)27-11)33-10-12-13(24)6-4-7-14(12)25;1-9-14(15(19)20)22-7-3-6-13(16(22)21-9)23-8-10-11(17)4-2-5-12(10)18;1-8(2,7(11)12-3)6(4-9)5-10;1-4(2,6)3-5/h4-9H,10H2,1-3H3,(H,28,29,30,32);4-9H,10H2,1-3H3,(H3,26,28,29,30,32);2-7H,8H2,1H3,(H3,19,20);6H,1-3H3;6H,3,5H2,1-2H3. The molecule has 0 atom stereocenters. The monoisotopic (exact) mass is 1580 g/mol. The molecular formula is C74H73F6IN18O8. The largest absolute Gasteiger partial charge is 0.485 e. The molecule has 11 aromatic rings. The van der Waals surface area contributed by atoms with Crippen LogP contribution in [0.25, 0.3) is 40.0 Å². The molecule has 10 N–H and O–H groups in total. The van der Waals surface area contributed by atoms with Crippen molar-refractivity contribution >= 4 is 80.6 Å². The van der Waals surface area contributed by atoms with Gasteiger partial charge in [0.15, 0.2) is 45.8 Å². The van der Waals surface area contributed by atoms with Gasteiger partial charge in [-0.2, -0.15) is 10.5 Å². The topological polar surface area (TPSA) is 385 Å². The third-order valence-electron chi connectivity index (χ3n) is 17.2. The van der Waals surface area contributed by atoms with Gasteiger partial charge in [0, 0.05) is 30.7 Å². The molecule has 0 saturated carbocycles. The summed E-state index contributed by atoms with van der Waals surface area (Å²) in [4.78, 5) is 67.5. The zero-order valence-electron chi connectivity index (χ0n) is 59.8. The van der Waals surface area contributed by atoms with Crippen molar-refractivity contribution in [1.29, 1.82) is 15.9 Å². The number of pyridine rings is 3. The Bertz CT molecular complexity index is 5100. The summed E-state index contributed by atoms with van der Waals surface area (Å²) in [5.74, 6) is -3.24. The number of ether oxygens (including phenoxy) is 4. The van der Waals surface area contributed by atoms with Crippen LogP contribution in [0.4, 0.5) is 43.8 Å². The van der Waals surface area contributed by atoms with E-state index in [2.05, 4.69) is 72.8 Å². The van der Waals surface area contributed by atoms with Crippen LogP contribution in [0.2, 0.25) is 0 Å². The molecule has 0 radical (unpaired) electrons. The van der Waals surface area contributed by atoms with Crippen LogP contribution in [0.1, 0.15) is 106 Å². The molecule has 556 valence electrons. The summed E-state index contributed by atoms with van der Waals surface area (Å²) >= 11 is 2.11. The number of fused-ring (bicyclic) bond motifs is 5. The molecule has 0 unspecified atom stereocenters. The van der Waals surface area contributed by atoms with Crippen molar-refractivity contribution in [3.8, 4) is 52.4 Å². The third kappa shape index (κ3) is 16.5. The van der Waals surface area contributed by atoms with Gasteiger partial charge in [-0.05, 0) is 172 Å².